The number of rotatable bonds is 4. The number of hydrogen-bond acceptors (Lipinski definition) is 3. The lowest BCUT2D eigenvalue weighted by Gasteiger charge is -2.25. The first-order valence-corrected chi connectivity index (χ1v) is 8.99. The van der Waals surface area contributed by atoms with E-state index in [2.05, 4.69) is 5.10 Å². The van der Waals surface area contributed by atoms with E-state index in [1.807, 2.05) is 49.8 Å². The van der Waals surface area contributed by atoms with Crippen LogP contribution < -0.4 is 4.90 Å². The summed E-state index contributed by atoms with van der Waals surface area (Å²) in [5.41, 5.74) is 5.04. The minimum atomic E-state index is -0.0716. The molecule has 0 unspecified atom stereocenters. The third-order valence-electron chi connectivity index (χ3n) is 5.19. The molecule has 1 aliphatic heterocycles. The third-order valence-corrected chi connectivity index (χ3v) is 5.19. The van der Waals surface area contributed by atoms with Crippen molar-refractivity contribution in [3.05, 3.63) is 46.8 Å². The number of nitrogens with zero attached hydrogens (tertiary/aromatic N) is 4. The van der Waals surface area contributed by atoms with Crippen molar-refractivity contribution in [3.8, 4) is 0 Å². The molecule has 0 atom stereocenters. The zero-order chi connectivity index (χ0) is 18.8. The molecule has 3 rings (SSSR count). The van der Waals surface area contributed by atoms with Gasteiger partial charge in [0.25, 0.3) is 0 Å². The van der Waals surface area contributed by atoms with Gasteiger partial charge in [-0.25, -0.2) is 0 Å². The summed E-state index contributed by atoms with van der Waals surface area (Å²) in [5, 5.41) is 4.41. The van der Waals surface area contributed by atoms with Crippen LogP contribution in [0.1, 0.15) is 35.4 Å². The lowest BCUT2D eigenvalue weighted by molar-refractivity contribution is -0.130. The van der Waals surface area contributed by atoms with Crippen molar-refractivity contribution in [1.82, 2.24) is 14.7 Å². The zero-order valence-corrected chi connectivity index (χ0v) is 16.0. The Morgan fingerprint density at radius 1 is 1.23 bits per heavy atom. The van der Waals surface area contributed by atoms with Gasteiger partial charge in [0.2, 0.25) is 11.8 Å². The Morgan fingerprint density at radius 2 is 1.96 bits per heavy atom. The van der Waals surface area contributed by atoms with Gasteiger partial charge in [-0.05, 0) is 38.3 Å². The normalized spacial score (nSPS) is 14.2. The van der Waals surface area contributed by atoms with E-state index < -0.39 is 0 Å². The molecule has 1 aromatic heterocycles. The van der Waals surface area contributed by atoms with Crippen LogP contribution in [-0.4, -0.2) is 40.1 Å². The standard InChI is InChI=1S/C20H26N4O2/c1-14-17(15(2)23(4)21-14)12-22(3)20(26)13-24-18-10-6-5-8-16(18)9-7-11-19(24)25/h5-6,8,10H,7,9,11-13H2,1-4H3. The van der Waals surface area contributed by atoms with Gasteiger partial charge in [0.05, 0.1) is 5.69 Å². The van der Waals surface area contributed by atoms with Crippen LogP contribution in [0.5, 0.6) is 0 Å². The number of aryl methyl sites for hydroxylation is 3. The quantitative estimate of drug-likeness (QED) is 0.847. The van der Waals surface area contributed by atoms with Crippen molar-refractivity contribution < 1.29 is 9.59 Å². The second-order valence-electron chi connectivity index (χ2n) is 6.98. The first-order valence-electron chi connectivity index (χ1n) is 8.99. The molecule has 1 aliphatic rings. The Balaban J connectivity index is 1.77. The summed E-state index contributed by atoms with van der Waals surface area (Å²) in [6, 6.07) is 7.87. The number of hydrogen-bond donors (Lipinski definition) is 0. The summed E-state index contributed by atoms with van der Waals surface area (Å²) >= 11 is 0. The van der Waals surface area contributed by atoms with E-state index in [1.54, 1.807) is 16.8 Å². The van der Waals surface area contributed by atoms with Crippen LogP contribution in [0.3, 0.4) is 0 Å². The molecular formula is C20H26N4O2. The summed E-state index contributed by atoms with van der Waals surface area (Å²) in [4.78, 5) is 28.7. The first kappa shape index (κ1) is 18.2. The molecule has 0 saturated heterocycles. The molecule has 138 valence electrons. The van der Waals surface area contributed by atoms with Gasteiger partial charge in [-0.3, -0.25) is 14.3 Å². The van der Waals surface area contributed by atoms with Crippen molar-refractivity contribution in [1.29, 1.82) is 0 Å². The van der Waals surface area contributed by atoms with Crippen LogP contribution in [-0.2, 0) is 29.6 Å². The molecule has 0 aliphatic carbocycles. The molecule has 2 amide bonds. The van der Waals surface area contributed by atoms with Gasteiger partial charge in [-0.1, -0.05) is 18.2 Å². The molecule has 26 heavy (non-hydrogen) atoms. The molecule has 0 spiro atoms. The molecule has 0 bridgehead atoms. The van der Waals surface area contributed by atoms with E-state index in [4.69, 9.17) is 0 Å². The topological polar surface area (TPSA) is 58.4 Å². The average molecular weight is 354 g/mol. The Kier molecular flexibility index (Phi) is 5.11. The minimum absolute atomic E-state index is 0.0189. The summed E-state index contributed by atoms with van der Waals surface area (Å²) in [7, 11) is 3.68. The lowest BCUT2D eigenvalue weighted by Crippen LogP contribution is -2.41. The van der Waals surface area contributed by atoms with Crippen LogP contribution in [0.2, 0.25) is 0 Å². The highest BCUT2D eigenvalue weighted by Gasteiger charge is 2.25. The van der Waals surface area contributed by atoms with Crippen LogP contribution >= 0.6 is 0 Å². The Bertz CT molecular complexity index is 840. The van der Waals surface area contributed by atoms with Crippen LogP contribution in [0, 0.1) is 13.8 Å². The molecule has 2 aromatic rings. The van der Waals surface area contributed by atoms with Crippen molar-refractivity contribution in [3.63, 3.8) is 0 Å². The van der Waals surface area contributed by atoms with Gasteiger partial charge in [0.1, 0.15) is 6.54 Å². The number of amides is 2. The molecule has 0 fully saturated rings. The highest BCUT2D eigenvalue weighted by Crippen LogP contribution is 2.26. The van der Waals surface area contributed by atoms with Crippen molar-refractivity contribution in [2.45, 2.75) is 39.7 Å². The van der Waals surface area contributed by atoms with E-state index in [-0.39, 0.29) is 18.4 Å². The zero-order valence-electron chi connectivity index (χ0n) is 16.0. The SMILES string of the molecule is Cc1nn(C)c(C)c1CN(C)C(=O)CN1C(=O)CCCc2ccccc21. The summed E-state index contributed by atoms with van der Waals surface area (Å²) < 4.78 is 1.83. The van der Waals surface area contributed by atoms with Crippen LogP contribution in [0.25, 0.3) is 0 Å². The number of likely N-dealkylation sites (N-methyl/N-ethyl adjacent to an activating group) is 1. The van der Waals surface area contributed by atoms with Gasteiger partial charge < -0.3 is 9.80 Å². The Hall–Kier alpha value is -2.63. The smallest absolute Gasteiger partial charge is 0.242 e. The van der Waals surface area contributed by atoms with Crippen molar-refractivity contribution >= 4 is 17.5 Å². The van der Waals surface area contributed by atoms with E-state index >= 15 is 0 Å². The number of aromatic nitrogens is 2. The van der Waals surface area contributed by atoms with Gasteiger partial charge in [0.15, 0.2) is 0 Å². The number of benzene rings is 1. The van der Waals surface area contributed by atoms with Gasteiger partial charge >= 0.3 is 0 Å². The fourth-order valence-corrected chi connectivity index (χ4v) is 3.49. The molecule has 2 heterocycles. The first-order chi connectivity index (χ1) is 12.4. The number of anilines is 1. The van der Waals surface area contributed by atoms with E-state index in [0.717, 1.165) is 41.0 Å². The maximum atomic E-state index is 12.8. The lowest BCUT2D eigenvalue weighted by atomic mass is 10.1. The maximum absolute atomic E-state index is 12.8. The summed E-state index contributed by atoms with van der Waals surface area (Å²) in [6.07, 6.45) is 2.17. The average Bonchev–Trinajstić information content (AvgIpc) is 2.77. The molecule has 6 nitrogen and oxygen atoms in total. The number of fused-ring (bicyclic) bond motifs is 1. The largest absolute Gasteiger partial charge is 0.340 e. The van der Waals surface area contributed by atoms with Crippen LogP contribution in [0.15, 0.2) is 24.3 Å². The second-order valence-corrected chi connectivity index (χ2v) is 6.98. The highest BCUT2D eigenvalue weighted by molar-refractivity contribution is 5.99. The molecular weight excluding hydrogens is 328 g/mol. The van der Waals surface area contributed by atoms with Gasteiger partial charge in [0, 0.05) is 44.0 Å². The number of carbonyl (C=O) groups is 2. The molecule has 6 heteroatoms. The monoisotopic (exact) mass is 354 g/mol. The van der Waals surface area contributed by atoms with Crippen molar-refractivity contribution in [2.75, 3.05) is 18.5 Å². The molecule has 0 saturated carbocycles. The highest BCUT2D eigenvalue weighted by atomic mass is 16.2. The fraction of sp³-hybridized carbons (Fsp3) is 0.450. The Morgan fingerprint density at radius 3 is 2.65 bits per heavy atom. The Labute approximate surface area is 154 Å². The predicted octanol–water partition coefficient (Wildman–Crippen LogP) is 2.36. The molecule has 0 radical (unpaired) electrons. The predicted molar refractivity (Wildman–Crippen MR) is 101 cm³/mol. The molecule has 0 N–H and O–H groups in total. The van der Waals surface area contributed by atoms with Gasteiger partial charge in [-0.15, -0.1) is 0 Å². The minimum Gasteiger partial charge on any atom is -0.340 e. The van der Waals surface area contributed by atoms with Crippen molar-refractivity contribution in [2.24, 2.45) is 7.05 Å². The summed E-state index contributed by atoms with van der Waals surface area (Å²) in [5.74, 6) is -0.0526. The van der Waals surface area contributed by atoms with E-state index in [9.17, 15) is 9.59 Å². The second kappa shape index (κ2) is 7.32. The molecule has 1 aromatic carbocycles. The van der Waals surface area contributed by atoms with E-state index in [1.165, 1.54) is 0 Å². The summed E-state index contributed by atoms with van der Waals surface area (Å²) in [6.45, 7) is 4.52. The number of para-hydroxylation sites is 1. The number of carbonyl (C=O) groups excluding carboxylic acids is 2. The van der Waals surface area contributed by atoms with Gasteiger partial charge in [-0.2, -0.15) is 5.10 Å². The maximum Gasteiger partial charge on any atom is 0.242 e. The van der Waals surface area contributed by atoms with E-state index in [0.29, 0.717) is 13.0 Å². The third kappa shape index (κ3) is 3.49. The van der Waals surface area contributed by atoms with Crippen LogP contribution in [0.4, 0.5) is 5.69 Å². The fourth-order valence-electron chi connectivity index (χ4n) is 3.49.